The van der Waals surface area contributed by atoms with Crippen LogP contribution in [0.25, 0.3) is 0 Å². The monoisotopic (exact) mass is 466 g/mol. The Morgan fingerprint density at radius 2 is 1.48 bits per heavy atom. The Labute approximate surface area is 199 Å². The Balaban J connectivity index is 1.46. The van der Waals surface area contributed by atoms with E-state index in [1.807, 2.05) is 59.5 Å². The Kier molecular flexibility index (Phi) is 7.25. The zero-order valence-electron chi connectivity index (χ0n) is 18.8. The first-order valence-corrected chi connectivity index (χ1v) is 11.2. The molecule has 0 unspecified atom stereocenters. The molecule has 1 amide bonds. The summed E-state index contributed by atoms with van der Waals surface area (Å²) in [5.41, 5.74) is 2.64. The first-order chi connectivity index (χ1) is 16.1. The second kappa shape index (κ2) is 10.5. The van der Waals surface area contributed by atoms with Crippen LogP contribution in [-0.4, -0.2) is 51.2 Å². The minimum absolute atomic E-state index is 0.0584. The van der Waals surface area contributed by atoms with Gasteiger partial charge in [-0.15, -0.1) is 0 Å². The summed E-state index contributed by atoms with van der Waals surface area (Å²) >= 11 is 5.99. The van der Waals surface area contributed by atoms with E-state index in [0.29, 0.717) is 47.5 Å². The maximum atomic E-state index is 13.3. The van der Waals surface area contributed by atoms with E-state index < -0.39 is 0 Å². The van der Waals surface area contributed by atoms with Gasteiger partial charge in [-0.05, 0) is 42.0 Å². The van der Waals surface area contributed by atoms with E-state index in [9.17, 15) is 4.79 Å². The van der Waals surface area contributed by atoms with Gasteiger partial charge in [0, 0.05) is 42.5 Å². The lowest BCUT2D eigenvalue weighted by Crippen LogP contribution is -2.48. The summed E-state index contributed by atoms with van der Waals surface area (Å²) in [5, 5.41) is 0.714. The molecule has 0 saturated carbocycles. The van der Waals surface area contributed by atoms with Crippen molar-refractivity contribution in [1.82, 2.24) is 4.90 Å². The summed E-state index contributed by atoms with van der Waals surface area (Å²) in [4.78, 5) is 17.4. The minimum Gasteiger partial charge on any atom is -0.493 e. The molecule has 0 atom stereocenters. The molecule has 0 aromatic heterocycles. The van der Waals surface area contributed by atoms with Gasteiger partial charge < -0.3 is 24.0 Å². The van der Waals surface area contributed by atoms with Crippen LogP contribution in [0.2, 0.25) is 5.02 Å². The third-order valence-corrected chi connectivity index (χ3v) is 5.94. The number of anilines is 1. The number of piperazine rings is 1. The number of hydrogen-bond acceptors (Lipinski definition) is 5. The minimum atomic E-state index is -0.0584. The number of methoxy groups -OCH3 is 2. The predicted octanol–water partition coefficient (Wildman–Crippen LogP) is 4.90. The molecular formula is C26H27ClN2O4. The molecule has 1 saturated heterocycles. The number of rotatable bonds is 7. The largest absolute Gasteiger partial charge is 0.493 e. The second-order valence-corrected chi connectivity index (χ2v) is 8.18. The molecular weight excluding hydrogens is 440 g/mol. The van der Waals surface area contributed by atoms with Crippen molar-refractivity contribution in [2.24, 2.45) is 0 Å². The topological polar surface area (TPSA) is 51.2 Å². The standard InChI is InChI=1S/C26H27ClN2O4/c1-31-23-16-20(17-24(32-2)25(23)33-18-19-6-4-3-5-7-19)26(30)29-14-12-28(13-15-29)22-10-8-21(27)9-11-22/h3-11,16-17H,12-15,18H2,1-2H3. The first-order valence-electron chi connectivity index (χ1n) is 10.8. The van der Waals surface area contributed by atoms with Crippen molar-refractivity contribution in [3.63, 3.8) is 0 Å². The summed E-state index contributed by atoms with van der Waals surface area (Å²) in [6, 6.07) is 21.1. The lowest BCUT2D eigenvalue weighted by molar-refractivity contribution is 0.0746. The molecule has 1 fully saturated rings. The van der Waals surface area contributed by atoms with Gasteiger partial charge in [-0.2, -0.15) is 0 Å². The zero-order chi connectivity index (χ0) is 23.2. The summed E-state index contributed by atoms with van der Waals surface area (Å²) in [6.07, 6.45) is 0. The van der Waals surface area contributed by atoms with Crippen molar-refractivity contribution >= 4 is 23.2 Å². The van der Waals surface area contributed by atoms with Gasteiger partial charge in [0.25, 0.3) is 5.91 Å². The molecule has 1 aliphatic rings. The highest BCUT2D eigenvalue weighted by atomic mass is 35.5. The van der Waals surface area contributed by atoms with Gasteiger partial charge in [-0.1, -0.05) is 41.9 Å². The average molecular weight is 467 g/mol. The quantitative estimate of drug-likeness (QED) is 0.495. The van der Waals surface area contributed by atoms with Crippen molar-refractivity contribution < 1.29 is 19.0 Å². The Morgan fingerprint density at radius 3 is 2.06 bits per heavy atom. The molecule has 0 spiro atoms. The molecule has 7 heteroatoms. The van der Waals surface area contributed by atoms with E-state index in [2.05, 4.69) is 4.90 Å². The van der Waals surface area contributed by atoms with Gasteiger partial charge in [0.05, 0.1) is 14.2 Å². The Bertz CT molecular complexity index is 1060. The van der Waals surface area contributed by atoms with Gasteiger partial charge in [-0.25, -0.2) is 0 Å². The highest BCUT2D eigenvalue weighted by Gasteiger charge is 2.25. The van der Waals surface area contributed by atoms with E-state index in [1.165, 1.54) is 0 Å². The number of ether oxygens (including phenoxy) is 3. The van der Waals surface area contributed by atoms with E-state index in [0.717, 1.165) is 24.3 Å². The van der Waals surface area contributed by atoms with Gasteiger partial charge >= 0.3 is 0 Å². The molecule has 172 valence electrons. The zero-order valence-corrected chi connectivity index (χ0v) is 19.5. The van der Waals surface area contributed by atoms with Crippen LogP contribution < -0.4 is 19.1 Å². The predicted molar refractivity (Wildman–Crippen MR) is 130 cm³/mol. The Morgan fingerprint density at radius 1 is 0.879 bits per heavy atom. The summed E-state index contributed by atoms with van der Waals surface area (Å²) in [6.45, 7) is 3.12. The SMILES string of the molecule is COc1cc(C(=O)N2CCN(c3ccc(Cl)cc3)CC2)cc(OC)c1OCc1ccccc1. The number of amides is 1. The number of hydrogen-bond donors (Lipinski definition) is 0. The summed E-state index contributed by atoms with van der Waals surface area (Å²) in [5.74, 6) is 1.35. The molecule has 0 radical (unpaired) electrons. The molecule has 3 aromatic rings. The van der Waals surface area contributed by atoms with Gasteiger partial charge in [-0.3, -0.25) is 4.79 Å². The van der Waals surface area contributed by atoms with Crippen molar-refractivity contribution in [1.29, 1.82) is 0 Å². The Hall–Kier alpha value is -3.38. The molecule has 4 rings (SSSR count). The number of benzene rings is 3. The van der Waals surface area contributed by atoms with Crippen LogP contribution in [0.1, 0.15) is 15.9 Å². The van der Waals surface area contributed by atoms with Gasteiger partial charge in [0.2, 0.25) is 5.75 Å². The third-order valence-electron chi connectivity index (χ3n) is 5.69. The fourth-order valence-corrected chi connectivity index (χ4v) is 4.00. The van der Waals surface area contributed by atoms with Crippen LogP contribution in [-0.2, 0) is 6.61 Å². The fraction of sp³-hybridized carbons (Fsp3) is 0.269. The van der Waals surface area contributed by atoms with Crippen LogP contribution in [0.4, 0.5) is 5.69 Å². The van der Waals surface area contributed by atoms with E-state index >= 15 is 0 Å². The van der Waals surface area contributed by atoms with Gasteiger partial charge in [0.1, 0.15) is 6.61 Å². The molecule has 0 bridgehead atoms. The molecule has 1 aliphatic heterocycles. The highest BCUT2D eigenvalue weighted by Crippen LogP contribution is 2.39. The van der Waals surface area contributed by atoms with Crippen molar-refractivity contribution in [3.05, 3.63) is 82.9 Å². The fourth-order valence-electron chi connectivity index (χ4n) is 3.88. The molecule has 0 N–H and O–H groups in total. The van der Waals surface area contributed by atoms with Crippen molar-refractivity contribution in [2.45, 2.75) is 6.61 Å². The summed E-state index contributed by atoms with van der Waals surface area (Å²) in [7, 11) is 3.12. The van der Waals surface area contributed by atoms with Crippen LogP contribution in [0.15, 0.2) is 66.7 Å². The highest BCUT2D eigenvalue weighted by molar-refractivity contribution is 6.30. The molecule has 3 aromatic carbocycles. The lowest BCUT2D eigenvalue weighted by atomic mass is 10.1. The molecule has 33 heavy (non-hydrogen) atoms. The number of nitrogens with zero attached hydrogens (tertiary/aromatic N) is 2. The molecule has 1 heterocycles. The van der Waals surface area contributed by atoms with Crippen molar-refractivity contribution in [3.8, 4) is 17.2 Å². The van der Waals surface area contributed by atoms with Crippen LogP contribution in [0, 0.1) is 0 Å². The number of carbonyl (C=O) groups is 1. The molecule has 6 nitrogen and oxygen atoms in total. The normalized spacial score (nSPS) is 13.5. The van der Waals surface area contributed by atoms with E-state index in [-0.39, 0.29) is 5.91 Å². The maximum Gasteiger partial charge on any atom is 0.254 e. The third kappa shape index (κ3) is 5.34. The molecule has 0 aliphatic carbocycles. The first kappa shape index (κ1) is 22.8. The smallest absolute Gasteiger partial charge is 0.254 e. The number of halogens is 1. The maximum absolute atomic E-state index is 13.3. The van der Waals surface area contributed by atoms with E-state index in [4.69, 9.17) is 25.8 Å². The van der Waals surface area contributed by atoms with E-state index in [1.54, 1.807) is 26.4 Å². The van der Waals surface area contributed by atoms with Crippen LogP contribution >= 0.6 is 11.6 Å². The second-order valence-electron chi connectivity index (χ2n) is 7.74. The van der Waals surface area contributed by atoms with Crippen LogP contribution in [0.3, 0.4) is 0 Å². The number of carbonyl (C=O) groups excluding carboxylic acids is 1. The van der Waals surface area contributed by atoms with Crippen molar-refractivity contribution in [2.75, 3.05) is 45.3 Å². The van der Waals surface area contributed by atoms with Gasteiger partial charge in [0.15, 0.2) is 11.5 Å². The average Bonchev–Trinajstić information content (AvgIpc) is 2.87. The summed E-state index contributed by atoms with van der Waals surface area (Å²) < 4.78 is 17.1. The lowest BCUT2D eigenvalue weighted by Gasteiger charge is -2.36. The van der Waals surface area contributed by atoms with Crippen LogP contribution in [0.5, 0.6) is 17.2 Å².